The molecule has 0 saturated heterocycles. The number of aliphatic carboxylic acids is 1. The molecule has 3 N–H and O–H groups in total. The summed E-state index contributed by atoms with van der Waals surface area (Å²) in [5, 5.41) is 15.0. The second-order valence-electron chi connectivity index (χ2n) is 4.62. The Morgan fingerprint density at radius 1 is 1.24 bits per heavy atom. The van der Waals surface area contributed by atoms with Gasteiger partial charge in [0.25, 0.3) is 0 Å². The van der Waals surface area contributed by atoms with Crippen molar-refractivity contribution >= 4 is 11.9 Å². The quantitative estimate of drug-likeness (QED) is 0.619. The summed E-state index contributed by atoms with van der Waals surface area (Å²) < 4.78 is 0. The van der Waals surface area contributed by atoms with E-state index in [1.807, 2.05) is 6.92 Å². The van der Waals surface area contributed by atoms with Crippen LogP contribution < -0.4 is 10.6 Å². The number of carboxylic acid groups (broad SMARTS) is 1. The number of hydrogen-bond donors (Lipinski definition) is 3. The highest BCUT2D eigenvalue weighted by Crippen LogP contribution is 2.29. The van der Waals surface area contributed by atoms with Gasteiger partial charge in [0.15, 0.2) is 0 Å². The predicted molar refractivity (Wildman–Crippen MR) is 64.8 cm³/mol. The Morgan fingerprint density at radius 2 is 1.88 bits per heavy atom. The molecule has 0 unspecified atom stereocenters. The Balaban J connectivity index is 2.28. The summed E-state index contributed by atoms with van der Waals surface area (Å²) in [7, 11) is 0. The highest BCUT2D eigenvalue weighted by Gasteiger charge is 2.40. The van der Waals surface area contributed by atoms with Gasteiger partial charge < -0.3 is 15.7 Å². The lowest BCUT2D eigenvalue weighted by atomic mass is 9.98. The number of amides is 1. The van der Waals surface area contributed by atoms with Crippen LogP contribution in [0, 0.1) is 0 Å². The van der Waals surface area contributed by atoms with Crippen LogP contribution in [-0.4, -0.2) is 35.6 Å². The van der Waals surface area contributed by atoms with Gasteiger partial charge in [-0.05, 0) is 19.3 Å². The van der Waals surface area contributed by atoms with Crippen molar-refractivity contribution in [1.29, 1.82) is 0 Å². The maximum absolute atomic E-state index is 11.4. The number of carboxylic acids is 1. The molecule has 1 rings (SSSR count). The van der Waals surface area contributed by atoms with E-state index in [1.165, 1.54) is 0 Å². The largest absolute Gasteiger partial charge is 0.480 e. The molecule has 1 fully saturated rings. The number of carbonyl (C=O) groups is 2. The van der Waals surface area contributed by atoms with Gasteiger partial charge in [-0.1, -0.05) is 19.8 Å². The molecule has 1 aliphatic rings. The number of hydrogen-bond acceptors (Lipinski definition) is 3. The minimum absolute atomic E-state index is 0.0158. The van der Waals surface area contributed by atoms with Crippen molar-refractivity contribution in [1.82, 2.24) is 10.6 Å². The van der Waals surface area contributed by atoms with Gasteiger partial charge in [-0.3, -0.25) is 9.59 Å². The van der Waals surface area contributed by atoms with E-state index in [1.54, 1.807) is 0 Å². The van der Waals surface area contributed by atoms with E-state index in [2.05, 4.69) is 10.6 Å². The maximum Gasteiger partial charge on any atom is 0.323 e. The van der Waals surface area contributed by atoms with Gasteiger partial charge >= 0.3 is 5.97 Å². The SMILES string of the molecule is CCCNC(=O)CCNC1(C(=O)O)CCCC1. The number of carbonyl (C=O) groups excluding carboxylic acids is 1. The molecule has 17 heavy (non-hydrogen) atoms. The third kappa shape index (κ3) is 4.00. The van der Waals surface area contributed by atoms with Crippen molar-refractivity contribution in [3.8, 4) is 0 Å². The first-order valence-electron chi connectivity index (χ1n) is 6.36. The van der Waals surface area contributed by atoms with E-state index < -0.39 is 11.5 Å². The normalized spacial score (nSPS) is 17.9. The molecule has 0 aromatic rings. The highest BCUT2D eigenvalue weighted by atomic mass is 16.4. The van der Waals surface area contributed by atoms with Gasteiger partial charge in [0.05, 0.1) is 0 Å². The molecule has 1 saturated carbocycles. The van der Waals surface area contributed by atoms with Gasteiger partial charge in [-0.2, -0.15) is 0 Å². The summed E-state index contributed by atoms with van der Waals surface area (Å²) in [6, 6.07) is 0. The Bertz CT molecular complexity index is 273. The van der Waals surface area contributed by atoms with Crippen molar-refractivity contribution in [3.63, 3.8) is 0 Å². The molecule has 0 radical (unpaired) electrons. The summed E-state index contributed by atoms with van der Waals surface area (Å²) in [4.78, 5) is 22.6. The first kappa shape index (κ1) is 14.0. The molecule has 0 spiro atoms. The Kier molecular flexibility index (Phi) is 5.41. The monoisotopic (exact) mass is 242 g/mol. The van der Waals surface area contributed by atoms with Crippen molar-refractivity contribution in [2.45, 2.75) is 51.0 Å². The van der Waals surface area contributed by atoms with Crippen LogP contribution in [0.25, 0.3) is 0 Å². The lowest BCUT2D eigenvalue weighted by molar-refractivity contribution is -0.144. The van der Waals surface area contributed by atoms with Crippen molar-refractivity contribution in [2.75, 3.05) is 13.1 Å². The maximum atomic E-state index is 11.4. The molecule has 1 amide bonds. The highest BCUT2D eigenvalue weighted by molar-refractivity contribution is 5.79. The Morgan fingerprint density at radius 3 is 2.41 bits per heavy atom. The molecular formula is C12H22N2O3. The summed E-state index contributed by atoms with van der Waals surface area (Å²) in [5.41, 5.74) is -0.787. The van der Waals surface area contributed by atoms with Crippen LogP contribution >= 0.6 is 0 Å². The topological polar surface area (TPSA) is 78.4 Å². The second-order valence-corrected chi connectivity index (χ2v) is 4.62. The number of nitrogens with one attached hydrogen (secondary N) is 2. The fourth-order valence-electron chi connectivity index (χ4n) is 2.21. The molecule has 0 aromatic carbocycles. The zero-order valence-electron chi connectivity index (χ0n) is 10.4. The van der Waals surface area contributed by atoms with Gasteiger partial charge in [-0.25, -0.2) is 0 Å². The average molecular weight is 242 g/mol. The van der Waals surface area contributed by atoms with Gasteiger partial charge in [0, 0.05) is 19.5 Å². The molecule has 0 aromatic heterocycles. The zero-order chi connectivity index (χ0) is 12.7. The first-order valence-corrected chi connectivity index (χ1v) is 6.36. The van der Waals surface area contributed by atoms with Crippen molar-refractivity contribution < 1.29 is 14.7 Å². The van der Waals surface area contributed by atoms with Crippen LogP contribution in [-0.2, 0) is 9.59 Å². The molecule has 0 heterocycles. The van der Waals surface area contributed by atoms with E-state index in [9.17, 15) is 14.7 Å². The van der Waals surface area contributed by atoms with E-state index in [0.717, 1.165) is 19.3 Å². The van der Waals surface area contributed by atoms with Crippen molar-refractivity contribution in [3.05, 3.63) is 0 Å². The molecular weight excluding hydrogens is 220 g/mol. The van der Waals surface area contributed by atoms with Crippen LogP contribution in [0.4, 0.5) is 0 Å². The minimum Gasteiger partial charge on any atom is -0.480 e. The van der Waals surface area contributed by atoms with Crippen LogP contribution in [0.2, 0.25) is 0 Å². The van der Waals surface area contributed by atoms with Crippen LogP contribution in [0.15, 0.2) is 0 Å². The third-order valence-electron chi connectivity index (χ3n) is 3.25. The standard InChI is InChI=1S/C12H22N2O3/c1-2-8-13-10(15)5-9-14-12(11(16)17)6-3-4-7-12/h14H,2-9H2,1H3,(H,13,15)(H,16,17). The van der Waals surface area contributed by atoms with Crippen molar-refractivity contribution in [2.24, 2.45) is 0 Å². The average Bonchev–Trinajstić information content (AvgIpc) is 2.76. The first-order chi connectivity index (χ1) is 8.10. The van der Waals surface area contributed by atoms with E-state index in [4.69, 9.17) is 0 Å². The fraction of sp³-hybridized carbons (Fsp3) is 0.833. The van der Waals surface area contributed by atoms with Crippen LogP contribution in [0.1, 0.15) is 45.4 Å². The third-order valence-corrected chi connectivity index (χ3v) is 3.25. The molecule has 0 aliphatic heterocycles. The predicted octanol–water partition coefficient (Wildman–Crippen LogP) is 0.890. The summed E-state index contributed by atoms with van der Waals surface area (Å²) in [5.74, 6) is -0.804. The summed E-state index contributed by atoms with van der Waals surface area (Å²) in [6.45, 7) is 3.11. The minimum atomic E-state index is -0.788. The lowest BCUT2D eigenvalue weighted by Gasteiger charge is -2.25. The van der Waals surface area contributed by atoms with Gasteiger partial charge in [0.2, 0.25) is 5.91 Å². The fourth-order valence-corrected chi connectivity index (χ4v) is 2.21. The Labute approximate surface area is 102 Å². The van der Waals surface area contributed by atoms with E-state index in [0.29, 0.717) is 32.4 Å². The van der Waals surface area contributed by atoms with Gasteiger partial charge in [-0.15, -0.1) is 0 Å². The van der Waals surface area contributed by atoms with Gasteiger partial charge in [0.1, 0.15) is 5.54 Å². The number of rotatable bonds is 7. The zero-order valence-corrected chi connectivity index (χ0v) is 10.4. The molecule has 5 nitrogen and oxygen atoms in total. The van der Waals surface area contributed by atoms with E-state index in [-0.39, 0.29) is 5.91 Å². The smallest absolute Gasteiger partial charge is 0.323 e. The van der Waals surface area contributed by atoms with E-state index >= 15 is 0 Å². The molecule has 0 bridgehead atoms. The molecule has 0 atom stereocenters. The molecule has 98 valence electrons. The summed E-state index contributed by atoms with van der Waals surface area (Å²) in [6.07, 6.45) is 4.48. The Hall–Kier alpha value is -1.10. The molecule has 5 heteroatoms. The van der Waals surface area contributed by atoms with Crippen LogP contribution in [0.3, 0.4) is 0 Å². The van der Waals surface area contributed by atoms with Crippen LogP contribution in [0.5, 0.6) is 0 Å². The lowest BCUT2D eigenvalue weighted by Crippen LogP contribution is -2.50. The second kappa shape index (κ2) is 6.59. The molecule has 1 aliphatic carbocycles. The summed E-state index contributed by atoms with van der Waals surface area (Å²) >= 11 is 0.